The van der Waals surface area contributed by atoms with Crippen molar-refractivity contribution in [3.05, 3.63) is 200 Å². The fraction of sp³-hybridized carbons (Fsp3) is 0. The van der Waals surface area contributed by atoms with Crippen molar-refractivity contribution in [2.75, 3.05) is 0 Å². The lowest BCUT2D eigenvalue weighted by atomic mass is 9.86. The third-order valence-corrected chi connectivity index (χ3v) is 9.54. The van der Waals surface area contributed by atoms with Gasteiger partial charge >= 0.3 is 0 Å². The third-order valence-electron chi connectivity index (χ3n) is 9.54. The zero-order valence-electron chi connectivity index (χ0n) is 28.4. The average molecular weight is 664 g/mol. The molecule has 0 fully saturated rings. The zero-order valence-corrected chi connectivity index (χ0v) is 28.4. The van der Waals surface area contributed by atoms with Crippen molar-refractivity contribution in [1.82, 2.24) is 15.0 Å². The summed E-state index contributed by atoms with van der Waals surface area (Å²) < 4.78 is 0. The first-order valence-corrected chi connectivity index (χ1v) is 17.5. The van der Waals surface area contributed by atoms with Crippen molar-refractivity contribution < 1.29 is 0 Å². The molecule has 0 aliphatic heterocycles. The van der Waals surface area contributed by atoms with Crippen LogP contribution >= 0.6 is 0 Å². The first-order chi connectivity index (χ1) is 25.8. The highest BCUT2D eigenvalue weighted by Gasteiger charge is 2.17. The van der Waals surface area contributed by atoms with Crippen LogP contribution in [0.15, 0.2) is 200 Å². The smallest absolute Gasteiger partial charge is 0.164 e. The second-order valence-corrected chi connectivity index (χ2v) is 12.9. The Kier molecular flexibility index (Phi) is 8.20. The fourth-order valence-corrected chi connectivity index (χ4v) is 6.92. The van der Waals surface area contributed by atoms with E-state index in [4.69, 9.17) is 15.0 Å². The van der Waals surface area contributed by atoms with Gasteiger partial charge in [-0.05, 0) is 67.4 Å². The zero-order chi connectivity index (χ0) is 34.7. The van der Waals surface area contributed by atoms with Crippen LogP contribution in [0.5, 0.6) is 0 Å². The van der Waals surface area contributed by atoms with E-state index < -0.39 is 0 Å². The quantitative estimate of drug-likeness (QED) is 0.170. The molecule has 1 aromatic heterocycles. The van der Waals surface area contributed by atoms with E-state index in [0.29, 0.717) is 17.5 Å². The van der Waals surface area contributed by atoms with E-state index in [1.54, 1.807) is 0 Å². The van der Waals surface area contributed by atoms with Gasteiger partial charge < -0.3 is 0 Å². The standard InChI is InChI=1S/C49H33N3/c1-4-14-34(15-5-1)36-26-29-37(30-27-36)46-44(24-13-25-45(46)42-31-28-35-16-10-11-21-40(35)32-42)41-22-12-23-43(33-41)49-51-47(38-17-6-2-7-18-38)50-48(52-49)39-19-8-3-9-20-39/h1-33H. The molecule has 0 unspecified atom stereocenters. The van der Waals surface area contributed by atoms with Crippen LogP contribution in [0.2, 0.25) is 0 Å². The van der Waals surface area contributed by atoms with Gasteiger partial charge in [0.2, 0.25) is 0 Å². The van der Waals surface area contributed by atoms with Crippen LogP contribution in [0.1, 0.15) is 0 Å². The predicted octanol–water partition coefficient (Wildman–Crippen LogP) is 12.7. The minimum atomic E-state index is 0.633. The molecule has 244 valence electrons. The first-order valence-electron chi connectivity index (χ1n) is 17.5. The summed E-state index contributed by atoms with van der Waals surface area (Å²) in [4.78, 5) is 15.0. The van der Waals surface area contributed by atoms with Crippen molar-refractivity contribution >= 4 is 10.8 Å². The van der Waals surface area contributed by atoms with Crippen LogP contribution < -0.4 is 0 Å². The summed E-state index contributed by atoms with van der Waals surface area (Å²) in [5.41, 5.74) is 12.1. The molecule has 9 aromatic rings. The molecule has 0 saturated heterocycles. The maximum atomic E-state index is 5.03. The summed E-state index contributed by atoms with van der Waals surface area (Å²) in [7, 11) is 0. The molecule has 0 bridgehead atoms. The lowest BCUT2D eigenvalue weighted by Crippen LogP contribution is -2.00. The molecule has 0 aliphatic carbocycles. The molecule has 0 radical (unpaired) electrons. The molecule has 8 aromatic carbocycles. The third kappa shape index (κ3) is 6.17. The van der Waals surface area contributed by atoms with E-state index in [1.807, 2.05) is 60.7 Å². The van der Waals surface area contributed by atoms with Gasteiger partial charge in [0.15, 0.2) is 17.5 Å². The summed E-state index contributed by atoms with van der Waals surface area (Å²) in [6.45, 7) is 0. The Morgan fingerprint density at radius 2 is 0.635 bits per heavy atom. The number of rotatable bonds is 7. The second-order valence-electron chi connectivity index (χ2n) is 12.9. The molecule has 9 rings (SSSR count). The summed E-state index contributed by atoms with van der Waals surface area (Å²) in [5, 5.41) is 2.45. The molecular weight excluding hydrogens is 631 g/mol. The Morgan fingerprint density at radius 3 is 1.25 bits per heavy atom. The molecule has 0 spiro atoms. The highest BCUT2D eigenvalue weighted by Crippen LogP contribution is 2.42. The number of hydrogen-bond donors (Lipinski definition) is 0. The second kappa shape index (κ2) is 13.7. The molecule has 52 heavy (non-hydrogen) atoms. The molecule has 0 saturated carbocycles. The largest absolute Gasteiger partial charge is 0.208 e. The molecule has 1 heterocycles. The Balaban J connectivity index is 1.21. The lowest BCUT2D eigenvalue weighted by molar-refractivity contribution is 1.07. The van der Waals surface area contributed by atoms with Crippen LogP contribution in [0.25, 0.3) is 89.4 Å². The summed E-state index contributed by atoms with van der Waals surface area (Å²) in [5.74, 6) is 1.92. The molecule has 3 nitrogen and oxygen atoms in total. The fourth-order valence-electron chi connectivity index (χ4n) is 6.92. The van der Waals surface area contributed by atoms with Gasteiger partial charge in [0.05, 0.1) is 0 Å². The Hall–Kier alpha value is -6.97. The normalized spacial score (nSPS) is 11.1. The van der Waals surface area contributed by atoms with Crippen LogP contribution in [0.4, 0.5) is 0 Å². The van der Waals surface area contributed by atoms with E-state index in [-0.39, 0.29) is 0 Å². The minimum Gasteiger partial charge on any atom is -0.208 e. The molecule has 0 atom stereocenters. The number of aromatic nitrogens is 3. The van der Waals surface area contributed by atoms with Gasteiger partial charge in [0, 0.05) is 16.7 Å². The minimum absolute atomic E-state index is 0.633. The van der Waals surface area contributed by atoms with Crippen LogP contribution in [0, 0.1) is 0 Å². The maximum Gasteiger partial charge on any atom is 0.164 e. The van der Waals surface area contributed by atoms with E-state index in [0.717, 1.165) is 33.4 Å². The number of nitrogens with zero attached hydrogens (tertiary/aromatic N) is 3. The maximum absolute atomic E-state index is 5.03. The van der Waals surface area contributed by atoms with Gasteiger partial charge in [0.1, 0.15) is 0 Å². The van der Waals surface area contributed by atoms with E-state index in [9.17, 15) is 0 Å². The van der Waals surface area contributed by atoms with Gasteiger partial charge in [-0.2, -0.15) is 0 Å². The first kappa shape index (κ1) is 31.0. The number of hydrogen-bond acceptors (Lipinski definition) is 3. The number of fused-ring (bicyclic) bond motifs is 1. The van der Waals surface area contributed by atoms with Gasteiger partial charge in [0.25, 0.3) is 0 Å². The van der Waals surface area contributed by atoms with Crippen molar-refractivity contribution in [3.8, 4) is 78.7 Å². The summed E-state index contributed by atoms with van der Waals surface area (Å²) >= 11 is 0. The predicted molar refractivity (Wildman–Crippen MR) is 215 cm³/mol. The lowest BCUT2D eigenvalue weighted by Gasteiger charge is -2.18. The molecular formula is C49H33N3. The van der Waals surface area contributed by atoms with Crippen LogP contribution in [0.3, 0.4) is 0 Å². The molecule has 0 aliphatic rings. The van der Waals surface area contributed by atoms with E-state index in [2.05, 4.69) is 140 Å². The van der Waals surface area contributed by atoms with E-state index in [1.165, 1.54) is 38.6 Å². The number of benzene rings is 8. The van der Waals surface area contributed by atoms with Crippen molar-refractivity contribution in [3.63, 3.8) is 0 Å². The summed E-state index contributed by atoms with van der Waals surface area (Å²) in [6, 6.07) is 70.2. The average Bonchev–Trinajstić information content (AvgIpc) is 3.24. The topological polar surface area (TPSA) is 38.7 Å². The Morgan fingerprint density at radius 1 is 0.231 bits per heavy atom. The van der Waals surface area contributed by atoms with Crippen LogP contribution in [-0.2, 0) is 0 Å². The van der Waals surface area contributed by atoms with Gasteiger partial charge in [-0.25, -0.2) is 15.0 Å². The van der Waals surface area contributed by atoms with E-state index >= 15 is 0 Å². The Labute approximate surface area is 303 Å². The van der Waals surface area contributed by atoms with Crippen molar-refractivity contribution in [2.24, 2.45) is 0 Å². The van der Waals surface area contributed by atoms with Gasteiger partial charge in [-0.15, -0.1) is 0 Å². The van der Waals surface area contributed by atoms with Gasteiger partial charge in [-0.3, -0.25) is 0 Å². The van der Waals surface area contributed by atoms with Crippen LogP contribution in [-0.4, -0.2) is 15.0 Å². The van der Waals surface area contributed by atoms with Gasteiger partial charge in [-0.1, -0.05) is 188 Å². The highest BCUT2D eigenvalue weighted by atomic mass is 15.0. The Bertz CT molecular complexity index is 2590. The van der Waals surface area contributed by atoms with Crippen molar-refractivity contribution in [2.45, 2.75) is 0 Å². The molecule has 0 amide bonds. The summed E-state index contributed by atoms with van der Waals surface area (Å²) in [6.07, 6.45) is 0. The molecule has 3 heteroatoms. The monoisotopic (exact) mass is 663 g/mol. The SMILES string of the molecule is c1ccc(-c2ccc(-c3c(-c4cccc(-c5nc(-c6ccccc6)nc(-c6ccccc6)n5)c4)cccc3-c3ccc4ccccc4c3)cc2)cc1. The highest BCUT2D eigenvalue weighted by molar-refractivity contribution is 5.98. The molecule has 0 N–H and O–H groups in total. The van der Waals surface area contributed by atoms with Crippen molar-refractivity contribution in [1.29, 1.82) is 0 Å².